The highest BCUT2D eigenvalue weighted by Gasteiger charge is 2.31. The van der Waals surface area contributed by atoms with Crippen molar-refractivity contribution in [3.05, 3.63) is 131 Å². The van der Waals surface area contributed by atoms with Crippen molar-refractivity contribution < 1.29 is 19.1 Å². The van der Waals surface area contributed by atoms with Crippen molar-refractivity contribution in [2.24, 2.45) is 0 Å². The lowest BCUT2D eigenvalue weighted by Gasteiger charge is -2.32. The first kappa shape index (κ1) is 26.5. The monoisotopic (exact) mass is 508 g/mol. The van der Waals surface area contributed by atoms with Crippen molar-refractivity contribution in [2.75, 3.05) is 14.2 Å². The first-order valence-electron chi connectivity index (χ1n) is 12.5. The fourth-order valence-corrected chi connectivity index (χ4v) is 4.36. The summed E-state index contributed by atoms with van der Waals surface area (Å²) < 4.78 is 10.8. The maximum atomic E-state index is 13.9. The van der Waals surface area contributed by atoms with Gasteiger partial charge >= 0.3 is 0 Å². The average molecular weight is 509 g/mol. The van der Waals surface area contributed by atoms with E-state index in [0.29, 0.717) is 18.0 Å². The molecule has 0 saturated carbocycles. The molecule has 0 fully saturated rings. The Balaban J connectivity index is 1.67. The molecule has 4 aromatic rings. The normalized spacial score (nSPS) is 11.3. The maximum absolute atomic E-state index is 13.9. The third-order valence-corrected chi connectivity index (χ3v) is 6.30. The van der Waals surface area contributed by atoms with Gasteiger partial charge in [0.25, 0.3) is 0 Å². The Hall–Kier alpha value is -4.58. The van der Waals surface area contributed by atoms with Gasteiger partial charge in [0.05, 0.1) is 20.6 Å². The molecule has 1 atom stereocenters. The standard InChI is InChI=1S/C32H32N2O4/c1-37-28-19-18-26(20-29(28)38-2)21-30(35)34(23-25-14-8-4-9-15-25)31(27-16-10-5-11-17-27)32(36)33-22-24-12-6-3-7-13-24/h3-20,31H,21-23H2,1-2H3,(H,33,36)/t31-/m0/s1. The van der Waals surface area contributed by atoms with Crippen LogP contribution in [0.15, 0.2) is 109 Å². The second kappa shape index (κ2) is 13.1. The SMILES string of the molecule is COc1ccc(CC(=O)N(Cc2ccccc2)[C@H](C(=O)NCc2ccccc2)c2ccccc2)cc1OC. The smallest absolute Gasteiger partial charge is 0.247 e. The van der Waals surface area contributed by atoms with Crippen LogP contribution >= 0.6 is 0 Å². The van der Waals surface area contributed by atoms with Gasteiger partial charge in [-0.3, -0.25) is 9.59 Å². The first-order valence-corrected chi connectivity index (χ1v) is 12.5. The van der Waals surface area contributed by atoms with Crippen molar-refractivity contribution in [2.45, 2.75) is 25.6 Å². The third kappa shape index (κ3) is 6.79. The summed E-state index contributed by atoms with van der Waals surface area (Å²) in [5.74, 6) is 0.723. The minimum absolute atomic E-state index is 0.0997. The molecule has 194 valence electrons. The van der Waals surface area contributed by atoms with Gasteiger partial charge in [0, 0.05) is 13.1 Å². The van der Waals surface area contributed by atoms with Gasteiger partial charge in [-0.25, -0.2) is 0 Å². The summed E-state index contributed by atoms with van der Waals surface area (Å²) in [4.78, 5) is 29.3. The van der Waals surface area contributed by atoms with E-state index < -0.39 is 6.04 Å². The molecule has 6 heteroatoms. The number of carbonyl (C=O) groups is 2. The number of methoxy groups -OCH3 is 2. The predicted molar refractivity (Wildman–Crippen MR) is 148 cm³/mol. The van der Waals surface area contributed by atoms with E-state index >= 15 is 0 Å². The van der Waals surface area contributed by atoms with Crippen molar-refractivity contribution >= 4 is 11.8 Å². The van der Waals surface area contributed by atoms with E-state index in [0.717, 1.165) is 22.3 Å². The summed E-state index contributed by atoms with van der Waals surface area (Å²) in [6.45, 7) is 0.650. The Bertz CT molecular complexity index is 1330. The number of rotatable bonds is 11. The zero-order valence-electron chi connectivity index (χ0n) is 21.7. The summed E-state index contributed by atoms with van der Waals surface area (Å²) in [6.07, 6.45) is 0.0997. The van der Waals surface area contributed by atoms with E-state index in [1.54, 1.807) is 31.3 Å². The molecule has 0 heterocycles. The van der Waals surface area contributed by atoms with Crippen molar-refractivity contribution in [3.8, 4) is 11.5 Å². The highest BCUT2D eigenvalue weighted by molar-refractivity contribution is 5.89. The van der Waals surface area contributed by atoms with E-state index in [4.69, 9.17) is 9.47 Å². The zero-order chi connectivity index (χ0) is 26.7. The highest BCUT2D eigenvalue weighted by Crippen LogP contribution is 2.29. The number of amides is 2. The quantitative estimate of drug-likeness (QED) is 0.297. The van der Waals surface area contributed by atoms with Crippen molar-refractivity contribution in [3.63, 3.8) is 0 Å². The van der Waals surface area contributed by atoms with E-state index in [1.807, 2.05) is 97.1 Å². The molecular weight excluding hydrogens is 476 g/mol. The largest absolute Gasteiger partial charge is 0.493 e. The van der Waals surface area contributed by atoms with Crippen LogP contribution < -0.4 is 14.8 Å². The molecule has 0 aromatic heterocycles. The van der Waals surface area contributed by atoms with Crippen LogP contribution in [0.25, 0.3) is 0 Å². The molecule has 1 N–H and O–H groups in total. The van der Waals surface area contributed by atoms with Gasteiger partial charge in [-0.2, -0.15) is 0 Å². The van der Waals surface area contributed by atoms with E-state index in [-0.39, 0.29) is 24.8 Å². The van der Waals surface area contributed by atoms with Crippen LogP contribution in [0.1, 0.15) is 28.3 Å². The maximum Gasteiger partial charge on any atom is 0.247 e. The van der Waals surface area contributed by atoms with Gasteiger partial charge in [0.2, 0.25) is 11.8 Å². The third-order valence-electron chi connectivity index (χ3n) is 6.30. The fourth-order valence-electron chi connectivity index (χ4n) is 4.36. The van der Waals surface area contributed by atoms with Crippen LogP contribution in [0.5, 0.6) is 11.5 Å². The van der Waals surface area contributed by atoms with Gasteiger partial charge in [0.15, 0.2) is 11.5 Å². The fraction of sp³-hybridized carbons (Fsp3) is 0.188. The van der Waals surface area contributed by atoms with Crippen LogP contribution in [0.4, 0.5) is 0 Å². The topological polar surface area (TPSA) is 67.9 Å². The average Bonchev–Trinajstić information content (AvgIpc) is 2.97. The molecule has 4 rings (SSSR count). The van der Waals surface area contributed by atoms with Crippen LogP contribution in [0.2, 0.25) is 0 Å². The summed E-state index contributed by atoms with van der Waals surface area (Å²) >= 11 is 0. The van der Waals surface area contributed by atoms with Crippen molar-refractivity contribution in [1.29, 1.82) is 0 Å². The molecule has 0 unspecified atom stereocenters. The Morgan fingerprint density at radius 2 is 1.29 bits per heavy atom. The van der Waals surface area contributed by atoms with Gasteiger partial charge in [0.1, 0.15) is 6.04 Å². The minimum Gasteiger partial charge on any atom is -0.493 e. The highest BCUT2D eigenvalue weighted by atomic mass is 16.5. The van der Waals surface area contributed by atoms with Gasteiger partial charge in [-0.15, -0.1) is 0 Å². The number of carbonyl (C=O) groups excluding carboxylic acids is 2. The molecule has 0 aliphatic carbocycles. The number of nitrogens with one attached hydrogen (secondary N) is 1. The second-order valence-electron chi connectivity index (χ2n) is 8.89. The number of hydrogen-bond donors (Lipinski definition) is 1. The van der Waals surface area contributed by atoms with E-state index in [2.05, 4.69) is 5.32 Å². The van der Waals surface area contributed by atoms with Crippen LogP contribution in [-0.2, 0) is 29.1 Å². The van der Waals surface area contributed by atoms with Gasteiger partial charge in [-0.05, 0) is 34.4 Å². The van der Waals surface area contributed by atoms with Crippen LogP contribution in [0.3, 0.4) is 0 Å². The van der Waals surface area contributed by atoms with E-state index in [1.165, 1.54) is 0 Å². The summed E-state index contributed by atoms with van der Waals surface area (Å²) in [6, 6.07) is 33.5. The second-order valence-corrected chi connectivity index (χ2v) is 8.89. The molecule has 4 aromatic carbocycles. The number of hydrogen-bond acceptors (Lipinski definition) is 4. The Morgan fingerprint density at radius 1 is 0.711 bits per heavy atom. The lowest BCUT2D eigenvalue weighted by molar-refractivity contribution is -0.141. The van der Waals surface area contributed by atoms with E-state index in [9.17, 15) is 9.59 Å². The molecule has 0 aliphatic heterocycles. The Labute approximate surface area is 223 Å². The lowest BCUT2D eigenvalue weighted by Crippen LogP contribution is -2.43. The van der Waals surface area contributed by atoms with Crippen LogP contribution in [-0.4, -0.2) is 30.9 Å². The molecule has 6 nitrogen and oxygen atoms in total. The molecule has 0 aliphatic rings. The molecule has 0 radical (unpaired) electrons. The molecule has 0 spiro atoms. The summed E-state index contributed by atoms with van der Waals surface area (Å²) in [5.41, 5.74) is 3.43. The van der Waals surface area contributed by atoms with Crippen molar-refractivity contribution in [1.82, 2.24) is 10.2 Å². The lowest BCUT2D eigenvalue weighted by atomic mass is 10.0. The summed E-state index contributed by atoms with van der Waals surface area (Å²) in [7, 11) is 3.14. The molecule has 0 bridgehead atoms. The summed E-state index contributed by atoms with van der Waals surface area (Å²) in [5, 5.41) is 3.05. The zero-order valence-corrected chi connectivity index (χ0v) is 21.7. The van der Waals surface area contributed by atoms with Crippen LogP contribution in [0, 0.1) is 0 Å². The predicted octanol–water partition coefficient (Wildman–Crippen LogP) is 5.33. The molecule has 38 heavy (non-hydrogen) atoms. The Morgan fingerprint density at radius 3 is 1.89 bits per heavy atom. The Kier molecular flexibility index (Phi) is 9.13. The molecule has 0 saturated heterocycles. The number of nitrogens with zero attached hydrogens (tertiary/aromatic N) is 1. The number of ether oxygens (including phenoxy) is 2. The first-order chi connectivity index (χ1) is 18.6. The van der Waals surface area contributed by atoms with Gasteiger partial charge in [-0.1, -0.05) is 97.1 Å². The van der Waals surface area contributed by atoms with Gasteiger partial charge < -0.3 is 19.7 Å². The minimum atomic E-state index is -0.812. The molecule has 2 amide bonds. The molecular formula is C32H32N2O4. The number of benzene rings is 4.